The molecule has 2 aliphatic heterocycles. The molecular formula is C18H25N5O3. The zero-order chi connectivity index (χ0) is 18.0. The largest absolute Gasteiger partial charge is 0.387 e. The third-order valence-corrected chi connectivity index (χ3v) is 5.26. The average molecular weight is 359 g/mol. The second-order valence-electron chi connectivity index (χ2n) is 7.23. The summed E-state index contributed by atoms with van der Waals surface area (Å²) in [6, 6.07) is 7.73. The zero-order valence-electron chi connectivity index (χ0n) is 14.9. The van der Waals surface area contributed by atoms with Crippen molar-refractivity contribution < 1.29 is 14.6 Å². The molecule has 2 fully saturated rings. The molecule has 0 spiro atoms. The quantitative estimate of drug-likeness (QED) is 0.816. The van der Waals surface area contributed by atoms with Crippen LogP contribution in [-0.2, 0) is 16.1 Å². The molecule has 8 nitrogen and oxygen atoms in total. The number of benzene rings is 1. The van der Waals surface area contributed by atoms with Crippen LogP contribution in [0.15, 0.2) is 24.3 Å². The van der Waals surface area contributed by atoms with Crippen LogP contribution in [0.25, 0.3) is 11.0 Å². The smallest absolute Gasteiger partial charge is 0.224 e. The number of likely N-dealkylation sites (tertiary alicyclic amines) is 1. The first-order valence-electron chi connectivity index (χ1n) is 9.21. The van der Waals surface area contributed by atoms with Gasteiger partial charge < -0.3 is 14.7 Å². The Morgan fingerprint density at radius 2 is 2.04 bits per heavy atom. The number of ether oxygens (including phenoxy) is 1. The van der Waals surface area contributed by atoms with Gasteiger partial charge in [0, 0.05) is 32.6 Å². The van der Waals surface area contributed by atoms with Gasteiger partial charge in [0.05, 0.1) is 37.4 Å². The first kappa shape index (κ1) is 17.4. The Hall–Kier alpha value is -2.03. The predicted octanol–water partition coefficient (Wildman–Crippen LogP) is 0.117. The van der Waals surface area contributed by atoms with Gasteiger partial charge in [-0.25, -0.2) is 4.68 Å². The van der Waals surface area contributed by atoms with Crippen molar-refractivity contribution in [2.75, 3.05) is 45.9 Å². The minimum absolute atomic E-state index is 0.0579. The average Bonchev–Trinajstić information content (AvgIpc) is 3.24. The maximum absolute atomic E-state index is 12.6. The summed E-state index contributed by atoms with van der Waals surface area (Å²) in [7, 11) is 0. The fraction of sp³-hybridized carbons (Fsp3) is 0.611. The number of hydrogen-bond acceptors (Lipinski definition) is 6. The third kappa shape index (κ3) is 3.72. The summed E-state index contributed by atoms with van der Waals surface area (Å²) in [4.78, 5) is 16.6. The van der Waals surface area contributed by atoms with E-state index in [0.29, 0.717) is 52.2 Å². The fourth-order valence-corrected chi connectivity index (χ4v) is 3.82. The van der Waals surface area contributed by atoms with Crippen LogP contribution in [0.1, 0.15) is 12.8 Å². The topological polar surface area (TPSA) is 83.7 Å². The van der Waals surface area contributed by atoms with Gasteiger partial charge in [-0.1, -0.05) is 17.3 Å². The number of fused-ring (bicyclic) bond motifs is 1. The van der Waals surface area contributed by atoms with Crippen molar-refractivity contribution in [2.24, 2.45) is 0 Å². The van der Waals surface area contributed by atoms with Gasteiger partial charge in [0.2, 0.25) is 5.91 Å². The van der Waals surface area contributed by atoms with Crippen LogP contribution in [0.2, 0.25) is 0 Å². The van der Waals surface area contributed by atoms with Gasteiger partial charge in [-0.3, -0.25) is 9.69 Å². The summed E-state index contributed by atoms with van der Waals surface area (Å²) in [5.41, 5.74) is 0.957. The number of para-hydroxylation sites is 1. The highest BCUT2D eigenvalue weighted by atomic mass is 16.5. The first-order chi connectivity index (χ1) is 12.6. The van der Waals surface area contributed by atoms with Gasteiger partial charge in [0.1, 0.15) is 5.52 Å². The van der Waals surface area contributed by atoms with E-state index in [1.807, 2.05) is 24.3 Å². The molecule has 1 atom stereocenters. The van der Waals surface area contributed by atoms with Gasteiger partial charge in [-0.15, -0.1) is 5.10 Å². The molecule has 26 heavy (non-hydrogen) atoms. The van der Waals surface area contributed by atoms with E-state index < -0.39 is 5.60 Å². The highest BCUT2D eigenvalue weighted by molar-refractivity contribution is 5.77. The molecule has 8 heteroatoms. The second kappa shape index (κ2) is 7.30. The number of aryl methyl sites for hydroxylation is 1. The molecule has 0 unspecified atom stereocenters. The van der Waals surface area contributed by atoms with Gasteiger partial charge in [-0.2, -0.15) is 0 Å². The normalized spacial score (nSPS) is 24.4. The van der Waals surface area contributed by atoms with E-state index in [2.05, 4.69) is 15.2 Å². The second-order valence-corrected chi connectivity index (χ2v) is 7.23. The van der Waals surface area contributed by atoms with Crippen molar-refractivity contribution in [1.29, 1.82) is 0 Å². The highest BCUT2D eigenvalue weighted by Gasteiger charge is 2.39. The van der Waals surface area contributed by atoms with Crippen LogP contribution in [-0.4, -0.2) is 87.3 Å². The highest BCUT2D eigenvalue weighted by Crippen LogP contribution is 2.24. The van der Waals surface area contributed by atoms with Crippen LogP contribution in [0.4, 0.5) is 0 Å². The summed E-state index contributed by atoms with van der Waals surface area (Å²) >= 11 is 0. The van der Waals surface area contributed by atoms with Gasteiger partial charge >= 0.3 is 0 Å². The summed E-state index contributed by atoms with van der Waals surface area (Å²) < 4.78 is 7.12. The number of carbonyl (C=O) groups is 1. The molecule has 1 aromatic carbocycles. The van der Waals surface area contributed by atoms with Crippen LogP contribution < -0.4 is 0 Å². The number of β-amino-alcohol motifs (C(OH)–C–C–N with tert-alkyl or cyclic N) is 1. The van der Waals surface area contributed by atoms with E-state index in [1.54, 1.807) is 9.58 Å². The summed E-state index contributed by atoms with van der Waals surface area (Å²) in [5, 5.41) is 19.1. The molecule has 0 bridgehead atoms. The number of hydrogen-bond donors (Lipinski definition) is 1. The molecule has 0 saturated carbocycles. The van der Waals surface area contributed by atoms with Crippen LogP contribution in [0.5, 0.6) is 0 Å². The molecule has 140 valence electrons. The van der Waals surface area contributed by atoms with E-state index in [-0.39, 0.29) is 5.91 Å². The number of rotatable bonds is 5. The molecule has 2 aliphatic rings. The Labute approximate surface area is 152 Å². The Kier molecular flexibility index (Phi) is 4.88. The number of aliphatic hydroxyl groups is 1. The van der Waals surface area contributed by atoms with E-state index in [9.17, 15) is 9.90 Å². The molecule has 1 amide bonds. The number of morpholine rings is 1. The van der Waals surface area contributed by atoms with Crippen molar-refractivity contribution in [1.82, 2.24) is 24.8 Å². The lowest BCUT2D eigenvalue weighted by Gasteiger charge is -2.33. The molecule has 0 radical (unpaired) electrons. The lowest BCUT2D eigenvalue weighted by molar-refractivity contribution is -0.131. The third-order valence-electron chi connectivity index (χ3n) is 5.26. The lowest BCUT2D eigenvalue weighted by atomic mass is 10.0. The maximum atomic E-state index is 12.6. The van der Waals surface area contributed by atoms with Gasteiger partial charge in [0.15, 0.2) is 0 Å². The van der Waals surface area contributed by atoms with Crippen molar-refractivity contribution in [3.05, 3.63) is 24.3 Å². The molecular weight excluding hydrogens is 334 g/mol. The maximum Gasteiger partial charge on any atom is 0.224 e. The Bertz CT molecular complexity index is 773. The summed E-state index contributed by atoms with van der Waals surface area (Å²) in [6.07, 6.45) is 0.989. The van der Waals surface area contributed by atoms with Crippen LogP contribution >= 0.6 is 0 Å². The number of amides is 1. The standard InChI is InChI=1S/C18H25N5O3/c24-17(5-7-23-16-4-2-1-3-15(16)19-20-23)22-8-6-18(25,14-22)13-21-9-11-26-12-10-21/h1-4,25H,5-14H2/t18-/m1/s1. The van der Waals surface area contributed by atoms with Gasteiger partial charge in [0.25, 0.3) is 0 Å². The zero-order valence-corrected chi connectivity index (χ0v) is 14.9. The van der Waals surface area contributed by atoms with E-state index in [4.69, 9.17) is 4.74 Å². The summed E-state index contributed by atoms with van der Waals surface area (Å²) in [6.45, 7) is 5.23. The molecule has 1 N–H and O–H groups in total. The fourth-order valence-electron chi connectivity index (χ4n) is 3.82. The van der Waals surface area contributed by atoms with E-state index >= 15 is 0 Å². The molecule has 3 heterocycles. The Balaban J connectivity index is 1.31. The van der Waals surface area contributed by atoms with Crippen LogP contribution in [0, 0.1) is 0 Å². The molecule has 4 rings (SSSR count). The van der Waals surface area contributed by atoms with Crippen LogP contribution in [0.3, 0.4) is 0 Å². The van der Waals surface area contributed by atoms with E-state index in [0.717, 1.165) is 24.1 Å². The van der Waals surface area contributed by atoms with Crippen molar-refractivity contribution in [3.8, 4) is 0 Å². The molecule has 2 aromatic rings. The Morgan fingerprint density at radius 1 is 1.23 bits per heavy atom. The predicted molar refractivity (Wildman–Crippen MR) is 95.6 cm³/mol. The minimum atomic E-state index is -0.813. The number of carbonyl (C=O) groups excluding carboxylic acids is 1. The lowest BCUT2D eigenvalue weighted by Crippen LogP contribution is -2.49. The van der Waals surface area contributed by atoms with Gasteiger partial charge in [-0.05, 0) is 18.6 Å². The number of nitrogens with zero attached hydrogens (tertiary/aromatic N) is 5. The Morgan fingerprint density at radius 3 is 2.88 bits per heavy atom. The van der Waals surface area contributed by atoms with Crippen molar-refractivity contribution >= 4 is 16.9 Å². The SMILES string of the molecule is O=C(CCn1nnc2ccccc21)N1CC[C@@](O)(CN2CCOCC2)C1. The monoisotopic (exact) mass is 359 g/mol. The summed E-state index contributed by atoms with van der Waals surface area (Å²) in [5.74, 6) is 0.0579. The van der Waals surface area contributed by atoms with Crippen molar-refractivity contribution in [3.63, 3.8) is 0 Å². The molecule has 1 aromatic heterocycles. The minimum Gasteiger partial charge on any atom is -0.387 e. The number of aromatic nitrogens is 3. The first-order valence-corrected chi connectivity index (χ1v) is 9.21. The molecule has 2 saturated heterocycles. The molecule has 0 aliphatic carbocycles. The van der Waals surface area contributed by atoms with E-state index in [1.165, 1.54) is 0 Å². The van der Waals surface area contributed by atoms with Crippen molar-refractivity contribution in [2.45, 2.75) is 25.0 Å².